The van der Waals surface area contributed by atoms with Gasteiger partial charge < -0.3 is 14.2 Å². The van der Waals surface area contributed by atoms with Crippen LogP contribution in [0.15, 0.2) is 53.0 Å². The van der Waals surface area contributed by atoms with Crippen molar-refractivity contribution < 1.29 is 19.0 Å². The minimum absolute atomic E-state index is 0.129. The SMILES string of the molecule is COc1ccc(Br)cc1/C=C/C(=O)OCCOc1ccccc1Cl. The lowest BCUT2D eigenvalue weighted by molar-refractivity contribution is -0.138. The third-order valence-electron chi connectivity index (χ3n) is 3.01. The van der Waals surface area contributed by atoms with E-state index in [0.29, 0.717) is 16.5 Å². The molecule has 0 aliphatic rings. The van der Waals surface area contributed by atoms with Crippen molar-refractivity contribution in [1.29, 1.82) is 0 Å². The molecule has 6 heteroatoms. The summed E-state index contributed by atoms with van der Waals surface area (Å²) in [7, 11) is 1.57. The van der Waals surface area contributed by atoms with Crippen molar-refractivity contribution in [2.24, 2.45) is 0 Å². The van der Waals surface area contributed by atoms with Crippen molar-refractivity contribution in [2.45, 2.75) is 0 Å². The van der Waals surface area contributed by atoms with Gasteiger partial charge in [0.2, 0.25) is 0 Å². The summed E-state index contributed by atoms with van der Waals surface area (Å²) in [5, 5.41) is 0.519. The van der Waals surface area contributed by atoms with Crippen LogP contribution in [0.1, 0.15) is 5.56 Å². The van der Waals surface area contributed by atoms with Gasteiger partial charge in [0.15, 0.2) is 0 Å². The highest BCUT2D eigenvalue weighted by Crippen LogP contribution is 2.24. The number of para-hydroxylation sites is 1. The number of rotatable bonds is 7. The van der Waals surface area contributed by atoms with Gasteiger partial charge >= 0.3 is 5.97 Å². The summed E-state index contributed by atoms with van der Waals surface area (Å²) in [6.45, 7) is 0.355. The Morgan fingerprint density at radius 1 is 1.17 bits per heavy atom. The molecular weight excluding hydrogens is 396 g/mol. The monoisotopic (exact) mass is 410 g/mol. The molecular formula is C18H16BrClO4. The number of hydrogen-bond acceptors (Lipinski definition) is 4. The maximum atomic E-state index is 11.7. The van der Waals surface area contributed by atoms with Gasteiger partial charge in [0.05, 0.1) is 12.1 Å². The highest BCUT2D eigenvalue weighted by atomic mass is 79.9. The van der Waals surface area contributed by atoms with E-state index in [1.54, 1.807) is 25.3 Å². The second-order valence-electron chi connectivity index (χ2n) is 4.67. The molecule has 0 saturated heterocycles. The molecule has 24 heavy (non-hydrogen) atoms. The molecule has 0 bridgehead atoms. The zero-order valence-corrected chi connectivity index (χ0v) is 15.3. The zero-order valence-electron chi connectivity index (χ0n) is 13.0. The average molecular weight is 412 g/mol. The maximum absolute atomic E-state index is 11.7. The van der Waals surface area contributed by atoms with Gasteiger partial charge in [-0.2, -0.15) is 0 Å². The van der Waals surface area contributed by atoms with Crippen molar-refractivity contribution in [2.75, 3.05) is 20.3 Å². The van der Waals surface area contributed by atoms with Crippen LogP contribution >= 0.6 is 27.5 Å². The molecule has 0 aliphatic heterocycles. The van der Waals surface area contributed by atoms with Crippen molar-refractivity contribution >= 4 is 39.6 Å². The van der Waals surface area contributed by atoms with Crippen molar-refractivity contribution in [3.8, 4) is 11.5 Å². The number of hydrogen-bond donors (Lipinski definition) is 0. The van der Waals surface area contributed by atoms with E-state index in [1.807, 2.05) is 30.3 Å². The first-order valence-corrected chi connectivity index (χ1v) is 8.33. The molecule has 0 heterocycles. The summed E-state index contributed by atoms with van der Waals surface area (Å²) in [4.78, 5) is 11.7. The van der Waals surface area contributed by atoms with E-state index < -0.39 is 5.97 Å². The molecule has 2 aromatic rings. The molecule has 0 amide bonds. The summed E-state index contributed by atoms with van der Waals surface area (Å²) < 4.78 is 16.7. The average Bonchev–Trinajstić information content (AvgIpc) is 2.58. The summed E-state index contributed by atoms with van der Waals surface area (Å²) in [5.41, 5.74) is 0.774. The van der Waals surface area contributed by atoms with Crippen LogP contribution in [0.5, 0.6) is 11.5 Å². The van der Waals surface area contributed by atoms with Crippen LogP contribution < -0.4 is 9.47 Å². The Kier molecular flexibility index (Phi) is 7.15. The number of carbonyl (C=O) groups is 1. The Bertz CT molecular complexity index is 731. The quantitative estimate of drug-likeness (QED) is 0.375. The summed E-state index contributed by atoms with van der Waals surface area (Å²) in [5.74, 6) is 0.772. The molecule has 0 N–H and O–H groups in total. The van der Waals surface area contributed by atoms with E-state index in [-0.39, 0.29) is 13.2 Å². The number of halogens is 2. The van der Waals surface area contributed by atoms with Crippen molar-refractivity contribution in [3.05, 3.63) is 63.6 Å². The topological polar surface area (TPSA) is 44.8 Å². The smallest absolute Gasteiger partial charge is 0.330 e. The van der Waals surface area contributed by atoms with Gasteiger partial charge in [0, 0.05) is 16.1 Å². The van der Waals surface area contributed by atoms with Gasteiger partial charge in [-0.1, -0.05) is 39.7 Å². The maximum Gasteiger partial charge on any atom is 0.330 e. The third kappa shape index (κ3) is 5.58. The predicted octanol–water partition coefficient (Wildman–Crippen LogP) is 4.75. The van der Waals surface area contributed by atoms with E-state index in [1.165, 1.54) is 6.08 Å². The largest absolute Gasteiger partial charge is 0.496 e. The van der Waals surface area contributed by atoms with Gasteiger partial charge in [0.1, 0.15) is 24.7 Å². The van der Waals surface area contributed by atoms with Crippen LogP contribution in [0.4, 0.5) is 0 Å². The number of esters is 1. The van der Waals surface area contributed by atoms with Crippen LogP contribution in [0.2, 0.25) is 5.02 Å². The van der Waals surface area contributed by atoms with E-state index in [0.717, 1.165) is 10.0 Å². The highest BCUT2D eigenvalue weighted by molar-refractivity contribution is 9.10. The van der Waals surface area contributed by atoms with Crippen LogP contribution in [0.25, 0.3) is 6.08 Å². The van der Waals surface area contributed by atoms with Crippen molar-refractivity contribution in [3.63, 3.8) is 0 Å². The summed E-state index contributed by atoms with van der Waals surface area (Å²) >= 11 is 9.34. The first-order chi connectivity index (χ1) is 11.6. The van der Waals surface area contributed by atoms with Gasteiger partial charge in [-0.25, -0.2) is 4.79 Å². The lowest BCUT2D eigenvalue weighted by atomic mass is 10.2. The molecule has 0 saturated carbocycles. The molecule has 0 spiro atoms. The molecule has 4 nitrogen and oxygen atoms in total. The predicted molar refractivity (Wildman–Crippen MR) is 97.6 cm³/mol. The molecule has 126 valence electrons. The Morgan fingerprint density at radius 2 is 1.96 bits per heavy atom. The zero-order chi connectivity index (χ0) is 17.4. The first-order valence-electron chi connectivity index (χ1n) is 7.16. The van der Waals surface area contributed by atoms with Crippen molar-refractivity contribution in [1.82, 2.24) is 0 Å². The van der Waals surface area contributed by atoms with Gasteiger partial charge in [-0.05, 0) is 36.4 Å². The molecule has 2 aromatic carbocycles. The van der Waals surface area contributed by atoms with E-state index in [2.05, 4.69) is 15.9 Å². The molecule has 2 rings (SSSR count). The fourth-order valence-electron chi connectivity index (χ4n) is 1.90. The minimum atomic E-state index is -0.459. The third-order valence-corrected chi connectivity index (χ3v) is 3.82. The Labute approximate surface area is 154 Å². The molecule has 0 unspecified atom stereocenters. The van der Waals surface area contributed by atoms with Crippen LogP contribution in [0, 0.1) is 0 Å². The number of ether oxygens (including phenoxy) is 3. The van der Waals surface area contributed by atoms with Gasteiger partial charge in [-0.3, -0.25) is 0 Å². The Balaban J connectivity index is 1.81. The van der Waals surface area contributed by atoms with Crippen LogP contribution in [-0.2, 0) is 9.53 Å². The lowest BCUT2D eigenvalue weighted by Gasteiger charge is -2.07. The van der Waals surface area contributed by atoms with Crippen LogP contribution in [-0.4, -0.2) is 26.3 Å². The summed E-state index contributed by atoms with van der Waals surface area (Å²) in [6, 6.07) is 12.6. The molecule has 0 radical (unpaired) electrons. The molecule has 0 aliphatic carbocycles. The number of benzene rings is 2. The standard InChI is InChI=1S/C18H16BrClO4/c1-22-16-8-7-14(19)12-13(16)6-9-18(21)24-11-10-23-17-5-3-2-4-15(17)20/h2-9,12H,10-11H2,1H3/b9-6+. The Morgan fingerprint density at radius 3 is 2.71 bits per heavy atom. The fourth-order valence-corrected chi connectivity index (χ4v) is 2.47. The molecule has 0 fully saturated rings. The van der Waals surface area contributed by atoms with Gasteiger partial charge in [0.25, 0.3) is 0 Å². The molecule has 0 aromatic heterocycles. The van der Waals surface area contributed by atoms with E-state index >= 15 is 0 Å². The fraction of sp³-hybridized carbons (Fsp3) is 0.167. The first kappa shape index (κ1) is 18.4. The minimum Gasteiger partial charge on any atom is -0.496 e. The number of carbonyl (C=O) groups excluding carboxylic acids is 1. The Hall–Kier alpha value is -1.98. The second-order valence-corrected chi connectivity index (χ2v) is 5.99. The summed E-state index contributed by atoms with van der Waals surface area (Å²) in [6.07, 6.45) is 2.99. The lowest BCUT2D eigenvalue weighted by Crippen LogP contribution is -2.10. The highest BCUT2D eigenvalue weighted by Gasteiger charge is 2.03. The van der Waals surface area contributed by atoms with E-state index in [4.69, 9.17) is 25.8 Å². The number of methoxy groups -OCH3 is 1. The molecule has 0 atom stereocenters. The van der Waals surface area contributed by atoms with Crippen LogP contribution in [0.3, 0.4) is 0 Å². The van der Waals surface area contributed by atoms with E-state index in [9.17, 15) is 4.79 Å². The normalized spacial score (nSPS) is 10.6. The van der Waals surface area contributed by atoms with Gasteiger partial charge in [-0.15, -0.1) is 0 Å². The second kappa shape index (κ2) is 9.35.